The molecule has 0 spiro atoms. The summed E-state index contributed by atoms with van der Waals surface area (Å²) < 4.78 is 0. The fourth-order valence-corrected chi connectivity index (χ4v) is 3.20. The second-order valence-corrected chi connectivity index (χ2v) is 6.09. The number of nitrogens with zero attached hydrogens (tertiary/aromatic N) is 1. The predicted molar refractivity (Wildman–Crippen MR) is 87.2 cm³/mol. The van der Waals surface area contributed by atoms with Crippen LogP contribution in [0.5, 0.6) is 0 Å². The number of hydrogen-bond donors (Lipinski definition) is 1. The van der Waals surface area contributed by atoms with Crippen molar-refractivity contribution in [1.29, 1.82) is 0 Å². The van der Waals surface area contributed by atoms with Crippen molar-refractivity contribution in [3.05, 3.63) is 35.4 Å². The molecule has 1 heterocycles. The summed E-state index contributed by atoms with van der Waals surface area (Å²) in [5.74, 6) is 0.876. The fourth-order valence-electron chi connectivity index (χ4n) is 3.20. The molecule has 2 rings (SSSR count). The van der Waals surface area contributed by atoms with Crippen molar-refractivity contribution in [3.63, 3.8) is 0 Å². The van der Waals surface area contributed by atoms with Crippen LogP contribution in [0.4, 0.5) is 0 Å². The lowest BCUT2D eigenvalue weighted by Gasteiger charge is -2.24. The molecule has 3 nitrogen and oxygen atoms in total. The zero-order valence-electron chi connectivity index (χ0n) is 13.6. The first-order chi connectivity index (χ1) is 10.2. The summed E-state index contributed by atoms with van der Waals surface area (Å²) in [7, 11) is 1.97. The fraction of sp³-hybridized carbons (Fsp3) is 0.611. The van der Waals surface area contributed by atoms with Crippen LogP contribution in [0.3, 0.4) is 0 Å². The van der Waals surface area contributed by atoms with Crippen molar-refractivity contribution < 1.29 is 4.79 Å². The quantitative estimate of drug-likeness (QED) is 0.836. The molecule has 0 aliphatic carbocycles. The van der Waals surface area contributed by atoms with Crippen LogP contribution in [-0.2, 0) is 11.2 Å². The maximum absolute atomic E-state index is 12.1. The summed E-state index contributed by atoms with van der Waals surface area (Å²) in [4.78, 5) is 14.2. The number of likely N-dealkylation sites (N-methyl/N-ethyl adjacent to an activating group) is 1. The van der Waals surface area contributed by atoms with Gasteiger partial charge in [0.1, 0.15) is 0 Å². The van der Waals surface area contributed by atoms with E-state index in [1.54, 1.807) is 0 Å². The Kier molecular flexibility index (Phi) is 5.80. The van der Waals surface area contributed by atoms with Crippen LogP contribution in [0, 0.1) is 5.92 Å². The SMILES string of the molecule is CCCC1CC(=O)N(CC(NC)c2ccc(CC)cc2)C1. The second-order valence-electron chi connectivity index (χ2n) is 6.09. The van der Waals surface area contributed by atoms with E-state index in [9.17, 15) is 4.79 Å². The van der Waals surface area contributed by atoms with E-state index in [0.29, 0.717) is 11.8 Å². The van der Waals surface area contributed by atoms with E-state index in [4.69, 9.17) is 0 Å². The number of amides is 1. The molecule has 1 saturated heterocycles. The average Bonchev–Trinajstić information content (AvgIpc) is 2.85. The summed E-state index contributed by atoms with van der Waals surface area (Å²) >= 11 is 0. The maximum Gasteiger partial charge on any atom is 0.222 e. The minimum absolute atomic E-state index is 0.222. The largest absolute Gasteiger partial charge is 0.340 e. The van der Waals surface area contributed by atoms with Gasteiger partial charge in [-0.25, -0.2) is 0 Å². The van der Waals surface area contributed by atoms with Gasteiger partial charge in [-0.1, -0.05) is 44.5 Å². The lowest BCUT2D eigenvalue weighted by molar-refractivity contribution is -0.128. The first-order valence-corrected chi connectivity index (χ1v) is 8.21. The number of rotatable bonds is 7. The van der Waals surface area contributed by atoms with Gasteiger partial charge in [0.05, 0.1) is 0 Å². The van der Waals surface area contributed by atoms with Crippen LogP contribution >= 0.6 is 0 Å². The van der Waals surface area contributed by atoms with Crippen LogP contribution < -0.4 is 5.32 Å². The predicted octanol–water partition coefficient (Wildman–Crippen LogP) is 3.16. The molecule has 1 fully saturated rings. The third-order valence-corrected chi connectivity index (χ3v) is 4.53. The van der Waals surface area contributed by atoms with Gasteiger partial charge in [0.2, 0.25) is 5.91 Å². The van der Waals surface area contributed by atoms with E-state index in [2.05, 4.69) is 43.4 Å². The van der Waals surface area contributed by atoms with Crippen LogP contribution in [0.2, 0.25) is 0 Å². The molecule has 0 radical (unpaired) electrons. The monoisotopic (exact) mass is 288 g/mol. The molecular weight excluding hydrogens is 260 g/mol. The number of benzene rings is 1. The first-order valence-electron chi connectivity index (χ1n) is 8.21. The van der Waals surface area contributed by atoms with Crippen LogP contribution in [-0.4, -0.2) is 30.9 Å². The van der Waals surface area contributed by atoms with Crippen LogP contribution in [0.1, 0.15) is 50.3 Å². The van der Waals surface area contributed by atoms with Gasteiger partial charge in [-0.15, -0.1) is 0 Å². The molecule has 116 valence electrons. The molecular formula is C18H28N2O. The number of likely N-dealkylation sites (tertiary alicyclic amines) is 1. The van der Waals surface area contributed by atoms with Gasteiger partial charge < -0.3 is 10.2 Å². The Morgan fingerprint density at radius 3 is 2.57 bits per heavy atom. The molecule has 1 aliphatic rings. The molecule has 0 aromatic heterocycles. The smallest absolute Gasteiger partial charge is 0.222 e. The Balaban J connectivity index is 2.00. The van der Waals surface area contributed by atoms with Gasteiger partial charge in [-0.2, -0.15) is 0 Å². The Bertz CT molecular complexity index is 455. The summed E-state index contributed by atoms with van der Waals surface area (Å²) in [6.45, 7) is 6.07. The van der Waals surface area contributed by atoms with E-state index in [-0.39, 0.29) is 6.04 Å². The zero-order chi connectivity index (χ0) is 15.2. The van der Waals surface area contributed by atoms with Crippen molar-refractivity contribution >= 4 is 5.91 Å². The highest BCUT2D eigenvalue weighted by atomic mass is 16.2. The zero-order valence-corrected chi connectivity index (χ0v) is 13.6. The highest BCUT2D eigenvalue weighted by Gasteiger charge is 2.30. The molecule has 0 bridgehead atoms. The highest BCUT2D eigenvalue weighted by Crippen LogP contribution is 2.25. The molecule has 2 atom stereocenters. The summed E-state index contributed by atoms with van der Waals surface area (Å²) in [6.07, 6.45) is 4.13. The Morgan fingerprint density at radius 1 is 1.29 bits per heavy atom. The van der Waals surface area contributed by atoms with Crippen LogP contribution in [0.15, 0.2) is 24.3 Å². The van der Waals surface area contributed by atoms with Gasteiger partial charge in [0, 0.05) is 25.6 Å². The molecule has 1 aromatic carbocycles. The molecule has 1 amide bonds. The Morgan fingerprint density at radius 2 is 2.00 bits per heavy atom. The minimum Gasteiger partial charge on any atom is -0.340 e. The molecule has 2 unspecified atom stereocenters. The van der Waals surface area contributed by atoms with E-state index >= 15 is 0 Å². The number of hydrogen-bond acceptors (Lipinski definition) is 2. The minimum atomic E-state index is 0.222. The normalized spacial score (nSPS) is 20.0. The Labute approximate surface area is 128 Å². The standard InChI is InChI=1S/C18H28N2O/c1-4-6-15-11-18(21)20(12-15)13-17(19-3)16-9-7-14(5-2)8-10-16/h7-10,15,17,19H,4-6,11-13H2,1-3H3. The van der Waals surface area contributed by atoms with E-state index in [1.807, 2.05) is 11.9 Å². The second kappa shape index (κ2) is 7.60. The van der Waals surface area contributed by atoms with Crippen molar-refractivity contribution in [2.24, 2.45) is 5.92 Å². The Hall–Kier alpha value is -1.35. The van der Waals surface area contributed by atoms with Gasteiger partial charge in [-0.05, 0) is 36.9 Å². The molecule has 1 aliphatic heterocycles. The van der Waals surface area contributed by atoms with Gasteiger partial charge in [0.25, 0.3) is 0 Å². The summed E-state index contributed by atoms with van der Waals surface area (Å²) in [5, 5.41) is 3.36. The van der Waals surface area contributed by atoms with Crippen molar-refractivity contribution in [2.45, 2.75) is 45.6 Å². The van der Waals surface area contributed by atoms with Crippen molar-refractivity contribution in [2.75, 3.05) is 20.1 Å². The third-order valence-electron chi connectivity index (χ3n) is 4.53. The molecule has 1 N–H and O–H groups in total. The van der Waals surface area contributed by atoms with Crippen molar-refractivity contribution in [1.82, 2.24) is 10.2 Å². The number of carbonyl (C=O) groups is 1. The van der Waals surface area contributed by atoms with E-state index < -0.39 is 0 Å². The lowest BCUT2D eigenvalue weighted by Crippen LogP contribution is -2.35. The third kappa shape index (κ3) is 4.07. The van der Waals surface area contributed by atoms with E-state index in [0.717, 1.165) is 32.4 Å². The summed E-state index contributed by atoms with van der Waals surface area (Å²) in [6, 6.07) is 8.96. The molecule has 1 aromatic rings. The highest BCUT2D eigenvalue weighted by molar-refractivity contribution is 5.78. The van der Waals surface area contributed by atoms with Gasteiger partial charge in [-0.3, -0.25) is 4.79 Å². The number of carbonyl (C=O) groups excluding carboxylic acids is 1. The van der Waals surface area contributed by atoms with Crippen LogP contribution in [0.25, 0.3) is 0 Å². The van der Waals surface area contributed by atoms with Gasteiger partial charge >= 0.3 is 0 Å². The van der Waals surface area contributed by atoms with E-state index in [1.165, 1.54) is 17.5 Å². The lowest BCUT2D eigenvalue weighted by atomic mass is 10.0. The molecule has 0 saturated carbocycles. The maximum atomic E-state index is 12.1. The topological polar surface area (TPSA) is 32.3 Å². The average molecular weight is 288 g/mol. The van der Waals surface area contributed by atoms with Crippen molar-refractivity contribution in [3.8, 4) is 0 Å². The molecule has 3 heteroatoms. The number of nitrogens with one attached hydrogen (secondary N) is 1. The molecule has 21 heavy (non-hydrogen) atoms. The van der Waals surface area contributed by atoms with Gasteiger partial charge in [0.15, 0.2) is 0 Å². The summed E-state index contributed by atoms with van der Waals surface area (Å²) in [5.41, 5.74) is 2.62. The first kappa shape index (κ1) is 16.0. The number of aryl methyl sites for hydroxylation is 1.